The molecule has 1 aliphatic carbocycles. The van der Waals surface area contributed by atoms with Crippen molar-refractivity contribution in [3.05, 3.63) is 60.3 Å². The quantitative estimate of drug-likeness (QED) is 0.496. The molecular weight excluding hydrogens is 416 g/mol. The molecule has 0 unspecified atom stereocenters. The molecule has 0 bridgehead atoms. The standard InChI is InChI=1S/C24H25F2N3O3/c25-17-8-9-18(19(26)13-17)21-14-28-23(32-21)11-10-22(30)29-24-20(7-4-12-27-24)31-15-16-5-2-1-3-6-16/h4,7-9,12-14,16H,1-3,5-6,10-11,15H2,(H,27,29,30). The highest BCUT2D eigenvalue weighted by atomic mass is 19.1. The minimum atomic E-state index is -0.735. The van der Waals surface area contributed by atoms with Crippen molar-refractivity contribution < 1.29 is 22.7 Å². The number of benzene rings is 1. The number of nitrogens with zero attached hydrogens (tertiary/aromatic N) is 2. The van der Waals surface area contributed by atoms with Crippen LogP contribution in [0.25, 0.3) is 11.3 Å². The number of carbonyl (C=O) groups excluding carboxylic acids is 1. The van der Waals surface area contributed by atoms with Crippen molar-refractivity contribution in [2.45, 2.75) is 44.9 Å². The molecule has 168 valence electrons. The Labute approximate surface area is 185 Å². The molecule has 1 amide bonds. The molecule has 32 heavy (non-hydrogen) atoms. The highest BCUT2D eigenvalue weighted by Crippen LogP contribution is 2.27. The maximum absolute atomic E-state index is 13.9. The van der Waals surface area contributed by atoms with E-state index in [1.165, 1.54) is 44.4 Å². The van der Waals surface area contributed by atoms with E-state index < -0.39 is 11.6 Å². The van der Waals surface area contributed by atoms with Gasteiger partial charge in [-0.15, -0.1) is 0 Å². The van der Waals surface area contributed by atoms with Gasteiger partial charge in [0.1, 0.15) is 11.6 Å². The van der Waals surface area contributed by atoms with Gasteiger partial charge in [0.05, 0.1) is 18.4 Å². The lowest BCUT2D eigenvalue weighted by Crippen LogP contribution is -2.18. The van der Waals surface area contributed by atoms with Gasteiger partial charge in [0.2, 0.25) is 5.91 Å². The molecule has 1 saturated carbocycles. The predicted octanol–water partition coefficient (Wildman–Crippen LogP) is 5.55. The van der Waals surface area contributed by atoms with Crippen molar-refractivity contribution in [2.24, 2.45) is 5.92 Å². The molecule has 6 nitrogen and oxygen atoms in total. The van der Waals surface area contributed by atoms with E-state index in [0.717, 1.165) is 12.1 Å². The van der Waals surface area contributed by atoms with Crippen molar-refractivity contribution in [1.82, 2.24) is 9.97 Å². The fourth-order valence-electron chi connectivity index (χ4n) is 3.82. The van der Waals surface area contributed by atoms with Crippen molar-refractivity contribution in [1.29, 1.82) is 0 Å². The van der Waals surface area contributed by atoms with E-state index in [1.807, 2.05) is 0 Å². The lowest BCUT2D eigenvalue weighted by molar-refractivity contribution is -0.116. The molecule has 1 N–H and O–H groups in total. The lowest BCUT2D eigenvalue weighted by atomic mass is 9.90. The molecule has 1 fully saturated rings. The number of rotatable bonds is 8. The van der Waals surface area contributed by atoms with Crippen LogP contribution in [0.3, 0.4) is 0 Å². The molecule has 1 aliphatic rings. The number of anilines is 1. The second kappa shape index (κ2) is 10.3. The fourth-order valence-corrected chi connectivity index (χ4v) is 3.82. The molecule has 0 spiro atoms. The number of oxazole rings is 1. The van der Waals surface area contributed by atoms with E-state index in [-0.39, 0.29) is 36.0 Å². The Morgan fingerprint density at radius 3 is 2.81 bits per heavy atom. The van der Waals surface area contributed by atoms with Crippen LogP contribution in [0.1, 0.15) is 44.4 Å². The topological polar surface area (TPSA) is 77.3 Å². The monoisotopic (exact) mass is 441 g/mol. The van der Waals surface area contributed by atoms with Crippen LogP contribution in [0.5, 0.6) is 5.75 Å². The number of hydrogen-bond donors (Lipinski definition) is 1. The van der Waals surface area contributed by atoms with Crippen molar-refractivity contribution >= 4 is 11.7 Å². The Bertz CT molecular complexity index is 1060. The van der Waals surface area contributed by atoms with Gasteiger partial charge < -0.3 is 14.5 Å². The SMILES string of the molecule is O=C(CCc1ncc(-c2ccc(F)cc2F)o1)Nc1ncccc1OCC1CCCCC1. The van der Waals surface area contributed by atoms with E-state index >= 15 is 0 Å². The van der Waals surface area contributed by atoms with E-state index in [4.69, 9.17) is 9.15 Å². The van der Waals surface area contributed by atoms with Crippen LogP contribution in [0.4, 0.5) is 14.6 Å². The number of ether oxygens (including phenoxy) is 1. The van der Waals surface area contributed by atoms with Crippen LogP contribution in [-0.4, -0.2) is 22.5 Å². The zero-order chi connectivity index (χ0) is 22.3. The van der Waals surface area contributed by atoms with Crippen LogP contribution in [0.2, 0.25) is 0 Å². The van der Waals surface area contributed by atoms with Crippen molar-refractivity contribution in [3.63, 3.8) is 0 Å². The first-order valence-corrected chi connectivity index (χ1v) is 10.9. The molecule has 1 aromatic carbocycles. The average molecular weight is 441 g/mol. The van der Waals surface area contributed by atoms with E-state index in [1.54, 1.807) is 18.3 Å². The normalized spacial score (nSPS) is 14.3. The van der Waals surface area contributed by atoms with Gasteiger partial charge in [-0.25, -0.2) is 18.7 Å². The first-order chi connectivity index (χ1) is 15.6. The van der Waals surface area contributed by atoms with Gasteiger partial charge in [-0.2, -0.15) is 0 Å². The van der Waals surface area contributed by atoms with Gasteiger partial charge in [-0.05, 0) is 43.0 Å². The Morgan fingerprint density at radius 1 is 1.16 bits per heavy atom. The summed E-state index contributed by atoms with van der Waals surface area (Å²) < 4.78 is 38.5. The third-order valence-electron chi connectivity index (χ3n) is 5.54. The highest BCUT2D eigenvalue weighted by molar-refractivity contribution is 5.91. The zero-order valence-electron chi connectivity index (χ0n) is 17.7. The van der Waals surface area contributed by atoms with Gasteiger partial charge in [0.15, 0.2) is 23.2 Å². The minimum absolute atomic E-state index is 0.102. The van der Waals surface area contributed by atoms with Crippen LogP contribution in [-0.2, 0) is 11.2 Å². The average Bonchev–Trinajstić information content (AvgIpc) is 3.26. The molecule has 0 radical (unpaired) electrons. The molecule has 0 aliphatic heterocycles. The molecule has 0 saturated heterocycles. The number of amides is 1. The molecule has 2 heterocycles. The summed E-state index contributed by atoms with van der Waals surface area (Å²) in [5.41, 5.74) is 0.114. The van der Waals surface area contributed by atoms with Gasteiger partial charge in [0, 0.05) is 25.1 Å². The first-order valence-electron chi connectivity index (χ1n) is 10.9. The summed E-state index contributed by atoms with van der Waals surface area (Å²) in [6.07, 6.45) is 9.38. The highest BCUT2D eigenvalue weighted by Gasteiger charge is 2.17. The summed E-state index contributed by atoms with van der Waals surface area (Å²) in [7, 11) is 0. The maximum atomic E-state index is 13.9. The maximum Gasteiger partial charge on any atom is 0.226 e. The summed E-state index contributed by atoms with van der Waals surface area (Å²) in [6, 6.07) is 6.79. The Balaban J connectivity index is 1.31. The fraction of sp³-hybridized carbons (Fsp3) is 0.375. The Kier molecular flexibility index (Phi) is 7.09. The number of carbonyl (C=O) groups is 1. The summed E-state index contributed by atoms with van der Waals surface area (Å²) in [5.74, 6) is 0.276. The molecule has 0 atom stereocenters. The Hall–Kier alpha value is -3.29. The van der Waals surface area contributed by atoms with Crippen molar-refractivity contribution in [2.75, 3.05) is 11.9 Å². The van der Waals surface area contributed by atoms with Crippen LogP contribution < -0.4 is 10.1 Å². The zero-order valence-corrected chi connectivity index (χ0v) is 17.7. The lowest BCUT2D eigenvalue weighted by Gasteiger charge is -2.22. The second-order valence-corrected chi connectivity index (χ2v) is 7.96. The van der Waals surface area contributed by atoms with Gasteiger partial charge in [0.25, 0.3) is 0 Å². The van der Waals surface area contributed by atoms with Crippen LogP contribution >= 0.6 is 0 Å². The largest absolute Gasteiger partial charge is 0.489 e. The van der Waals surface area contributed by atoms with Gasteiger partial charge in [-0.1, -0.05) is 19.3 Å². The first kappa shape index (κ1) is 21.9. The Morgan fingerprint density at radius 2 is 2.00 bits per heavy atom. The van der Waals surface area contributed by atoms with E-state index in [9.17, 15) is 13.6 Å². The summed E-state index contributed by atoms with van der Waals surface area (Å²) in [5, 5.41) is 2.78. The number of nitrogens with one attached hydrogen (secondary N) is 1. The number of pyridine rings is 1. The summed E-state index contributed by atoms with van der Waals surface area (Å²) >= 11 is 0. The number of halogens is 2. The van der Waals surface area contributed by atoms with Gasteiger partial charge in [-0.3, -0.25) is 4.79 Å². The minimum Gasteiger partial charge on any atom is -0.489 e. The number of aryl methyl sites for hydroxylation is 1. The van der Waals surface area contributed by atoms with Crippen LogP contribution in [0, 0.1) is 17.6 Å². The van der Waals surface area contributed by atoms with E-state index in [0.29, 0.717) is 24.1 Å². The smallest absolute Gasteiger partial charge is 0.226 e. The van der Waals surface area contributed by atoms with Crippen LogP contribution in [0.15, 0.2) is 47.1 Å². The third-order valence-corrected chi connectivity index (χ3v) is 5.54. The predicted molar refractivity (Wildman–Crippen MR) is 115 cm³/mol. The molecule has 3 aromatic rings. The van der Waals surface area contributed by atoms with E-state index in [2.05, 4.69) is 15.3 Å². The molecule has 4 rings (SSSR count). The van der Waals surface area contributed by atoms with Crippen molar-refractivity contribution in [3.8, 4) is 17.1 Å². The second-order valence-electron chi connectivity index (χ2n) is 7.96. The third kappa shape index (κ3) is 5.69. The molecular formula is C24H25F2N3O3. The number of aromatic nitrogens is 2. The summed E-state index contributed by atoms with van der Waals surface area (Å²) in [6.45, 7) is 0.619. The van der Waals surface area contributed by atoms with Gasteiger partial charge >= 0.3 is 0 Å². The number of hydrogen-bond acceptors (Lipinski definition) is 5. The molecule has 8 heteroatoms. The molecule has 2 aromatic heterocycles. The summed E-state index contributed by atoms with van der Waals surface area (Å²) in [4.78, 5) is 20.8.